The number of hydrogen-bond acceptors (Lipinski definition) is 5. The minimum atomic E-state index is -0.492. The third-order valence-electron chi connectivity index (χ3n) is 8.87. The number of amides is 1. The largest absolute Gasteiger partial charge is 0.461 e. The summed E-state index contributed by atoms with van der Waals surface area (Å²) in [5, 5.41) is 2.87. The first-order chi connectivity index (χ1) is 16.1. The predicted octanol–water partition coefficient (Wildman–Crippen LogP) is 3.92. The van der Waals surface area contributed by atoms with E-state index in [-0.39, 0.29) is 34.6 Å². The summed E-state index contributed by atoms with van der Waals surface area (Å²) in [6.07, 6.45) is 5.58. The smallest absolute Gasteiger partial charge is 0.405 e. The zero-order valence-electron chi connectivity index (χ0n) is 21.2. The van der Waals surface area contributed by atoms with Crippen LogP contribution in [0.15, 0.2) is 30.3 Å². The third kappa shape index (κ3) is 4.98. The molecular weight excluding hydrogens is 427 g/mol. The summed E-state index contributed by atoms with van der Waals surface area (Å²) in [7, 11) is -0.420. The van der Waals surface area contributed by atoms with Gasteiger partial charge in [0.15, 0.2) is 5.78 Å². The number of unbranched alkanes of at least 4 members (excludes halogenated alkanes) is 1. The number of carbonyl (C=O) groups is 2. The van der Waals surface area contributed by atoms with Gasteiger partial charge in [0.2, 0.25) is 5.91 Å². The maximum Gasteiger partial charge on any atom is 0.461 e. The van der Waals surface area contributed by atoms with E-state index >= 15 is 0 Å². The first-order valence-corrected chi connectivity index (χ1v) is 13.0. The molecule has 6 nitrogen and oxygen atoms in total. The summed E-state index contributed by atoms with van der Waals surface area (Å²) >= 11 is 0. The molecule has 3 N–H and O–H groups in total. The van der Waals surface area contributed by atoms with E-state index in [0.29, 0.717) is 37.6 Å². The molecule has 1 aromatic rings. The lowest BCUT2D eigenvalue weighted by atomic mass is 9.43. The normalized spacial score (nSPS) is 30.7. The molecule has 4 aliphatic rings. The second-order valence-electron chi connectivity index (χ2n) is 11.5. The number of benzene rings is 1. The van der Waals surface area contributed by atoms with Crippen molar-refractivity contribution in [3.63, 3.8) is 0 Å². The topological polar surface area (TPSA) is 90.7 Å². The Balaban J connectivity index is 1.51. The van der Waals surface area contributed by atoms with Crippen molar-refractivity contribution in [2.45, 2.75) is 96.2 Å². The van der Waals surface area contributed by atoms with Crippen molar-refractivity contribution in [3.05, 3.63) is 35.9 Å². The lowest BCUT2D eigenvalue weighted by Gasteiger charge is -2.64. The van der Waals surface area contributed by atoms with Crippen molar-refractivity contribution in [3.8, 4) is 0 Å². The van der Waals surface area contributed by atoms with Gasteiger partial charge in [0.05, 0.1) is 17.7 Å². The first-order valence-electron chi connectivity index (χ1n) is 13.0. The van der Waals surface area contributed by atoms with E-state index in [0.717, 1.165) is 24.8 Å². The molecule has 2 bridgehead atoms. The van der Waals surface area contributed by atoms with Crippen LogP contribution in [-0.2, 0) is 25.3 Å². The first kappa shape index (κ1) is 25.4. The summed E-state index contributed by atoms with van der Waals surface area (Å²) < 4.78 is 13.3. The highest BCUT2D eigenvalue weighted by atomic mass is 16.7. The maximum absolute atomic E-state index is 13.4. The SMILES string of the molecule is CC(=O)N[C@@H](CCCCN)C(=O)C[C@@H](Cc1ccccc1)B1O[C@@H]2C[C@@H]3C[C@@H](C3(C)C)[C@]2(C)O1. The number of ketones is 1. The van der Waals surface area contributed by atoms with Crippen LogP contribution in [0.25, 0.3) is 0 Å². The van der Waals surface area contributed by atoms with Crippen molar-refractivity contribution in [1.82, 2.24) is 5.32 Å². The van der Waals surface area contributed by atoms with Gasteiger partial charge in [-0.25, -0.2) is 0 Å². The van der Waals surface area contributed by atoms with Crippen LogP contribution in [0.1, 0.15) is 71.8 Å². The number of nitrogens with one attached hydrogen (secondary N) is 1. The molecule has 6 atom stereocenters. The van der Waals surface area contributed by atoms with Crippen LogP contribution < -0.4 is 11.1 Å². The second-order valence-corrected chi connectivity index (χ2v) is 11.5. The standard InChI is InChI=1S/C27H41BN2O4/c1-18(31)30-22(12-8-9-13-29)23(32)17-21(14-19-10-6-5-7-11-19)28-33-25-16-20-15-24(26(20,2)3)27(25,4)34-28/h5-7,10-11,20-22,24-25H,8-9,12-17,29H2,1-4H3,(H,30,31)/t20-,21+,22-,24-,25+,27-/m0/s1. The quantitative estimate of drug-likeness (QED) is 0.380. The lowest BCUT2D eigenvalue weighted by Crippen LogP contribution is -2.65. The second kappa shape index (κ2) is 10.1. The van der Waals surface area contributed by atoms with Gasteiger partial charge in [-0.15, -0.1) is 0 Å². The summed E-state index contributed by atoms with van der Waals surface area (Å²) in [5.41, 5.74) is 6.77. The molecule has 3 saturated carbocycles. The Labute approximate surface area is 204 Å². The highest BCUT2D eigenvalue weighted by Gasteiger charge is 2.68. The molecule has 186 valence electrons. The average molecular weight is 468 g/mol. The maximum atomic E-state index is 13.4. The fourth-order valence-corrected chi connectivity index (χ4v) is 6.74. The van der Waals surface area contributed by atoms with Crippen molar-refractivity contribution in [2.24, 2.45) is 23.0 Å². The lowest BCUT2D eigenvalue weighted by molar-refractivity contribution is -0.199. The van der Waals surface area contributed by atoms with E-state index in [1.807, 2.05) is 18.2 Å². The highest BCUT2D eigenvalue weighted by Crippen LogP contribution is 2.66. The molecule has 0 spiro atoms. The van der Waals surface area contributed by atoms with E-state index in [9.17, 15) is 9.59 Å². The van der Waals surface area contributed by atoms with Gasteiger partial charge in [-0.1, -0.05) is 44.2 Å². The summed E-state index contributed by atoms with van der Waals surface area (Å²) in [4.78, 5) is 25.2. The molecular formula is C27H41BN2O4. The Morgan fingerprint density at radius 1 is 1.18 bits per heavy atom. The number of Topliss-reactive ketones (excluding diaryl/α,β-unsaturated/α-hetero) is 1. The zero-order chi connectivity index (χ0) is 24.5. The Morgan fingerprint density at radius 3 is 2.56 bits per heavy atom. The van der Waals surface area contributed by atoms with E-state index in [4.69, 9.17) is 15.0 Å². The number of hydrogen-bond donors (Lipinski definition) is 2. The molecule has 4 fully saturated rings. The van der Waals surface area contributed by atoms with E-state index < -0.39 is 13.2 Å². The van der Waals surface area contributed by atoms with E-state index in [1.165, 1.54) is 13.3 Å². The molecule has 1 amide bonds. The van der Waals surface area contributed by atoms with Gasteiger partial charge < -0.3 is 20.4 Å². The molecule has 34 heavy (non-hydrogen) atoms. The Kier molecular flexibility index (Phi) is 7.56. The highest BCUT2D eigenvalue weighted by molar-refractivity contribution is 6.48. The van der Waals surface area contributed by atoms with Crippen LogP contribution in [-0.4, -0.2) is 43.1 Å². The Morgan fingerprint density at radius 2 is 1.91 bits per heavy atom. The molecule has 5 rings (SSSR count). The number of nitrogens with two attached hydrogens (primary N) is 1. The zero-order valence-corrected chi connectivity index (χ0v) is 21.2. The van der Waals surface area contributed by atoms with Gasteiger partial charge in [0.25, 0.3) is 0 Å². The molecule has 0 radical (unpaired) electrons. The Hall–Kier alpha value is -1.70. The van der Waals surface area contributed by atoms with Gasteiger partial charge in [-0.2, -0.15) is 0 Å². The van der Waals surface area contributed by atoms with Crippen LogP contribution in [0.2, 0.25) is 5.82 Å². The van der Waals surface area contributed by atoms with Crippen LogP contribution in [0.5, 0.6) is 0 Å². The molecule has 7 heteroatoms. The van der Waals surface area contributed by atoms with Crippen LogP contribution in [0, 0.1) is 17.3 Å². The molecule has 1 aromatic carbocycles. The number of rotatable bonds is 11. The predicted molar refractivity (Wildman–Crippen MR) is 134 cm³/mol. The van der Waals surface area contributed by atoms with Crippen LogP contribution in [0.3, 0.4) is 0 Å². The van der Waals surface area contributed by atoms with Gasteiger partial charge in [0, 0.05) is 19.2 Å². The molecule has 1 heterocycles. The molecule has 0 unspecified atom stereocenters. The fraction of sp³-hybridized carbons (Fsp3) is 0.704. The minimum absolute atomic E-state index is 0.0463. The van der Waals surface area contributed by atoms with E-state index in [2.05, 4.69) is 38.2 Å². The molecule has 3 aliphatic carbocycles. The molecule has 0 aromatic heterocycles. The van der Waals surface area contributed by atoms with Gasteiger partial charge in [-0.3, -0.25) is 9.59 Å². The molecule has 1 saturated heterocycles. The van der Waals surface area contributed by atoms with Crippen molar-refractivity contribution in [2.75, 3.05) is 6.54 Å². The van der Waals surface area contributed by atoms with Crippen molar-refractivity contribution >= 4 is 18.8 Å². The molecule has 1 aliphatic heterocycles. The Bertz CT molecular complexity index is 879. The summed E-state index contributed by atoms with van der Waals surface area (Å²) in [5.74, 6) is 0.914. The fourth-order valence-electron chi connectivity index (χ4n) is 6.74. The number of carbonyl (C=O) groups excluding carboxylic acids is 2. The summed E-state index contributed by atoms with van der Waals surface area (Å²) in [6, 6.07) is 9.74. The van der Waals surface area contributed by atoms with Crippen molar-refractivity contribution in [1.29, 1.82) is 0 Å². The van der Waals surface area contributed by atoms with Crippen LogP contribution >= 0.6 is 0 Å². The van der Waals surface area contributed by atoms with Gasteiger partial charge in [-0.05, 0) is 74.8 Å². The van der Waals surface area contributed by atoms with Gasteiger partial charge in [0.1, 0.15) is 0 Å². The summed E-state index contributed by atoms with van der Waals surface area (Å²) in [6.45, 7) is 8.98. The van der Waals surface area contributed by atoms with Gasteiger partial charge >= 0.3 is 7.12 Å². The monoisotopic (exact) mass is 468 g/mol. The van der Waals surface area contributed by atoms with Crippen LogP contribution in [0.4, 0.5) is 0 Å². The third-order valence-corrected chi connectivity index (χ3v) is 8.87. The van der Waals surface area contributed by atoms with E-state index in [1.54, 1.807) is 0 Å². The minimum Gasteiger partial charge on any atom is -0.405 e. The average Bonchev–Trinajstić information content (AvgIpc) is 3.15. The van der Waals surface area contributed by atoms with Crippen molar-refractivity contribution < 1.29 is 18.9 Å².